The monoisotopic (exact) mass is 439 g/mol. The number of allylic oxidation sites excluding steroid dienone is 2. The quantitative estimate of drug-likeness (QED) is 0.440. The summed E-state index contributed by atoms with van der Waals surface area (Å²) in [6.45, 7) is 2.93. The Morgan fingerprint density at radius 1 is 1.03 bits per heavy atom. The molecule has 0 bridgehead atoms. The summed E-state index contributed by atoms with van der Waals surface area (Å²) in [5.41, 5.74) is 1.29. The van der Waals surface area contributed by atoms with Crippen LogP contribution in [0.25, 0.3) is 0 Å². The van der Waals surface area contributed by atoms with Crippen LogP contribution in [0.4, 0.5) is 8.78 Å². The highest BCUT2D eigenvalue weighted by molar-refractivity contribution is 6.00. The van der Waals surface area contributed by atoms with E-state index in [-0.39, 0.29) is 35.7 Å². The molecule has 9 heteroatoms. The van der Waals surface area contributed by atoms with Crippen LogP contribution in [0.5, 0.6) is 5.75 Å². The van der Waals surface area contributed by atoms with E-state index >= 15 is 0 Å². The van der Waals surface area contributed by atoms with E-state index in [0.29, 0.717) is 18.0 Å². The van der Waals surface area contributed by atoms with Gasteiger partial charge in [-0.05, 0) is 26.3 Å². The molecule has 1 aromatic carbocycles. The van der Waals surface area contributed by atoms with E-state index in [1.165, 1.54) is 25.3 Å². The van der Waals surface area contributed by atoms with Crippen LogP contribution in [0.2, 0.25) is 0 Å². The first-order chi connectivity index (χ1) is 14.8. The average Bonchev–Trinajstić information content (AvgIpc) is 2.72. The Hall–Kier alpha value is -2.94. The van der Waals surface area contributed by atoms with Gasteiger partial charge in [0.25, 0.3) is 0 Å². The van der Waals surface area contributed by atoms with Crippen molar-refractivity contribution in [1.82, 2.24) is 5.32 Å². The minimum absolute atomic E-state index is 0.00771. The summed E-state index contributed by atoms with van der Waals surface area (Å²) < 4.78 is 46.2. The number of carbonyl (C=O) groups excluding carboxylic acids is 2. The number of hydrogen-bond donors (Lipinski definition) is 1. The molecule has 0 spiro atoms. The van der Waals surface area contributed by atoms with Gasteiger partial charge in [0, 0.05) is 23.6 Å². The molecule has 0 fully saturated rings. The van der Waals surface area contributed by atoms with E-state index < -0.39 is 24.5 Å². The molecule has 0 aliphatic carbocycles. The Bertz CT molecular complexity index is 865. The lowest BCUT2D eigenvalue weighted by atomic mass is 9.80. The summed E-state index contributed by atoms with van der Waals surface area (Å²) in [6, 6.07) is 6.01. The lowest BCUT2D eigenvalue weighted by Gasteiger charge is -2.31. The molecule has 2 rings (SSSR count). The van der Waals surface area contributed by atoms with Crippen molar-refractivity contribution >= 4 is 11.9 Å². The van der Waals surface area contributed by atoms with Crippen LogP contribution in [-0.2, 0) is 23.8 Å². The van der Waals surface area contributed by atoms with Gasteiger partial charge in [0.1, 0.15) is 12.4 Å². The molecule has 0 amide bonds. The van der Waals surface area contributed by atoms with Gasteiger partial charge in [-0.2, -0.15) is 8.78 Å². The molecule has 0 aromatic heterocycles. The molecule has 0 saturated heterocycles. The van der Waals surface area contributed by atoms with Crippen molar-refractivity contribution in [3.05, 3.63) is 52.4 Å². The number of halogens is 2. The van der Waals surface area contributed by atoms with Crippen LogP contribution in [0.3, 0.4) is 0 Å². The van der Waals surface area contributed by atoms with Crippen LogP contribution < -0.4 is 10.1 Å². The van der Waals surface area contributed by atoms with Crippen molar-refractivity contribution in [2.75, 3.05) is 26.9 Å². The number of carbonyl (C=O) groups is 2. The maximum absolute atomic E-state index is 13.0. The third-order valence-corrected chi connectivity index (χ3v) is 4.64. The topological polar surface area (TPSA) is 83.1 Å². The Labute approximate surface area is 180 Å². The molecule has 1 aromatic rings. The van der Waals surface area contributed by atoms with Crippen molar-refractivity contribution in [3.63, 3.8) is 0 Å². The molecule has 1 N–H and O–H groups in total. The van der Waals surface area contributed by atoms with Gasteiger partial charge in [-0.15, -0.1) is 0 Å². The van der Waals surface area contributed by atoms with E-state index in [9.17, 15) is 18.4 Å². The smallest absolute Gasteiger partial charge is 0.387 e. The molecule has 1 aliphatic rings. The highest BCUT2D eigenvalue weighted by Gasteiger charge is 2.39. The number of dihydropyridines is 1. The Morgan fingerprint density at radius 2 is 1.68 bits per heavy atom. The summed E-state index contributed by atoms with van der Waals surface area (Å²) >= 11 is 0. The second-order valence-electron chi connectivity index (χ2n) is 6.79. The molecule has 170 valence electrons. The first-order valence-electron chi connectivity index (χ1n) is 9.87. The summed E-state index contributed by atoms with van der Waals surface area (Å²) in [5.74, 6) is -2.57. The number of para-hydroxylation sites is 1. The van der Waals surface area contributed by atoms with Crippen molar-refractivity contribution in [2.24, 2.45) is 0 Å². The average molecular weight is 439 g/mol. The summed E-state index contributed by atoms with van der Waals surface area (Å²) in [7, 11) is 1.20. The van der Waals surface area contributed by atoms with Crippen LogP contribution >= 0.6 is 0 Å². The van der Waals surface area contributed by atoms with Crippen molar-refractivity contribution in [2.45, 2.75) is 39.7 Å². The van der Waals surface area contributed by atoms with Gasteiger partial charge >= 0.3 is 18.6 Å². The number of esters is 2. The minimum atomic E-state index is -3.08. The fraction of sp³-hybridized carbons (Fsp3) is 0.455. The Balaban J connectivity index is 2.49. The third-order valence-electron chi connectivity index (χ3n) is 4.64. The number of benzene rings is 1. The Kier molecular flexibility index (Phi) is 8.99. The molecule has 31 heavy (non-hydrogen) atoms. The van der Waals surface area contributed by atoms with E-state index in [1.54, 1.807) is 19.9 Å². The van der Waals surface area contributed by atoms with Gasteiger partial charge in [0.15, 0.2) is 0 Å². The van der Waals surface area contributed by atoms with Gasteiger partial charge in [0.05, 0.1) is 30.8 Å². The second kappa shape index (κ2) is 11.5. The van der Waals surface area contributed by atoms with E-state index in [1.807, 2.05) is 6.92 Å². The number of hydrogen-bond acceptors (Lipinski definition) is 7. The summed E-state index contributed by atoms with van der Waals surface area (Å²) in [6.07, 6.45) is 0.831. The summed E-state index contributed by atoms with van der Waals surface area (Å²) in [4.78, 5) is 25.6. The van der Waals surface area contributed by atoms with Crippen LogP contribution in [0.1, 0.15) is 38.7 Å². The normalized spacial score (nSPS) is 16.3. The first kappa shape index (κ1) is 24.3. The molecule has 0 unspecified atom stereocenters. The number of alkyl halides is 2. The zero-order valence-corrected chi connectivity index (χ0v) is 18.0. The number of ether oxygens (including phenoxy) is 4. The minimum Gasteiger partial charge on any atom is -0.466 e. The molecule has 1 heterocycles. The molecule has 1 atom stereocenters. The lowest BCUT2D eigenvalue weighted by molar-refractivity contribution is -0.141. The molecule has 0 saturated carbocycles. The largest absolute Gasteiger partial charge is 0.466 e. The van der Waals surface area contributed by atoms with E-state index in [2.05, 4.69) is 10.1 Å². The highest BCUT2D eigenvalue weighted by atomic mass is 19.3. The SMILES string of the molecule is CCCOCCOC(=O)C1=C(C)NC(C)=C(C(=O)OC)[C@@H]1c1ccccc1OC(F)F. The maximum Gasteiger partial charge on any atom is 0.387 e. The third kappa shape index (κ3) is 6.04. The van der Waals surface area contributed by atoms with Crippen LogP contribution in [-0.4, -0.2) is 45.5 Å². The van der Waals surface area contributed by atoms with Crippen molar-refractivity contribution < 1.29 is 37.3 Å². The molecule has 7 nitrogen and oxygen atoms in total. The highest BCUT2D eigenvalue weighted by Crippen LogP contribution is 2.42. The standard InChI is InChI=1S/C22H27F2NO6/c1-5-10-29-11-12-30-21(27)18-14(3)25-13(2)17(20(26)28-4)19(18)15-8-6-7-9-16(15)31-22(23)24/h6-9,19,22,25H,5,10-12H2,1-4H3/t19-/m0/s1. The molecular formula is C22H27F2NO6. The predicted octanol–water partition coefficient (Wildman–Crippen LogP) is 3.67. The zero-order valence-electron chi connectivity index (χ0n) is 18.0. The van der Waals surface area contributed by atoms with Gasteiger partial charge in [-0.25, -0.2) is 9.59 Å². The molecule has 0 radical (unpaired) electrons. The van der Waals surface area contributed by atoms with Gasteiger partial charge in [-0.1, -0.05) is 25.1 Å². The first-order valence-corrected chi connectivity index (χ1v) is 9.87. The van der Waals surface area contributed by atoms with E-state index in [4.69, 9.17) is 14.2 Å². The summed E-state index contributed by atoms with van der Waals surface area (Å²) in [5, 5.41) is 2.98. The van der Waals surface area contributed by atoms with Crippen LogP contribution in [0, 0.1) is 0 Å². The number of rotatable bonds is 10. The molecule has 1 aliphatic heterocycles. The van der Waals surface area contributed by atoms with Crippen LogP contribution in [0.15, 0.2) is 46.8 Å². The van der Waals surface area contributed by atoms with Crippen molar-refractivity contribution in [1.29, 1.82) is 0 Å². The second-order valence-corrected chi connectivity index (χ2v) is 6.79. The fourth-order valence-electron chi connectivity index (χ4n) is 3.40. The fourth-order valence-corrected chi connectivity index (χ4v) is 3.40. The number of methoxy groups -OCH3 is 1. The zero-order chi connectivity index (χ0) is 23.0. The van der Waals surface area contributed by atoms with Gasteiger partial charge < -0.3 is 24.3 Å². The maximum atomic E-state index is 13.0. The lowest BCUT2D eigenvalue weighted by Crippen LogP contribution is -2.32. The number of nitrogens with one attached hydrogen (secondary N) is 1. The molecular weight excluding hydrogens is 412 g/mol. The van der Waals surface area contributed by atoms with E-state index in [0.717, 1.165) is 6.42 Å². The van der Waals surface area contributed by atoms with Gasteiger partial charge in [0.2, 0.25) is 0 Å². The van der Waals surface area contributed by atoms with Crippen molar-refractivity contribution in [3.8, 4) is 5.75 Å². The Morgan fingerprint density at radius 3 is 2.29 bits per heavy atom. The van der Waals surface area contributed by atoms with Gasteiger partial charge in [-0.3, -0.25) is 0 Å². The predicted molar refractivity (Wildman–Crippen MR) is 108 cm³/mol.